The van der Waals surface area contributed by atoms with E-state index < -0.39 is 6.04 Å². The second-order valence-corrected chi connectivity index (χ2v) is 8.38. The predicted molar refractivity (Wildman–Crippen MR) is 116 cm³/mol. The molecule has 30 heavy (non-hydrogen) atoms. The molecular formula is C24H29N3O3. The van der Waals surface area contributed by atoms with Gasteiger partial charge in [-0.25, -0.2) is 0 Å². The minimum absolute atomic E-state index is 0.00968. The van der Waals surface area contributed by atoms with Crippen LogP contribution >= 0.6 is 0 Å². The maximum atomic E-state index is 13.0. The largest absolute Gasteiger partial charge is 0.467 e. The lowest BCUT2D eigenvalue weighted by Gasteiger charge is -2.27. The third-order valence-electron chi connectivity index (χ3n) is 6.14. The second-order valence-electron chi connectivity index (χ2n) is 8.38. The van der Waals surface area contributed by atoms with Gasteiger partial charge in [-0.15, -0.1) is 0 Å². The van der Waals surface area contributed by atoms with Crippen LogP contribution in [0, 0.1) is 11.8 Å². The molecule has 0 spiro atoms. The molecule has 1 aliphatic carbocycles. The average Bonchev–Trinajstić information content (AvgIpc) is 3.42. The summed E-state index contributed by atoms with van der Waals surface area (Å²) in [6, 6.07) is 11.0. The van der Waals surface area contributed by atoms with Crippen LogP contribution in [0.25, 0.3) is 10.9 Å². The molecule has 2 amide bonds. The van der Waals surface area contributed by atoms with E-state index >= 15 is 0 Å². The molecule has 0 aliphatic heterocycles. The number of benzene rings is 1. The molecular weight excluding hydrogens is 378 g/mol. The van der Waals surface area contributed by atoms with Crippen LogP contribution in [0.2, 0.25) is 0 Å². The van der Waals surface area contributed by atoms with Gasteiger partial charge in [-0.2, -0.15) is 0 Å². The Morgan fingerprint density at radius 2 is 1.93 bits per heavy atom. The molecule has 1 aromatic carbocycles. The fourth-order valence-corrected chi connectivity index (χ4v) is 4.25. The lowest BCUT2D eigenvalue weighted by molar-refractivity contribution is -0.132. The van der Waals surface area contributed by atoms with Gasteiger partial charge in [-0.05, 0) is 55.4 Å². The normalized spacial score (nSPS) is 20.0. The van der Waals surface area contributed by atoms with Gasteiger partial charge in [0.25, 0.3) is 0 Å². The van der Waals surface area contributed by atoms with Gasteiger partial charge in [-0.3, -0.25) is 9.59 Å². The van der Waals surface area contributed by atoms with Crippen molar-refractivity contribution in [2.24, 2.45) is 11.8 Å². The van der Waals surface area contributed by atoms with Gasteiger partial charge in [0, 0.05) is 29.4 Å². The zero-order valence-electron chi connectivity index (χ0n) is 17.3. The van der Waals surface area contributed by atoms with Crippen LogP contribution in [-0.4, -0.2) is 22.8 Å². The first-order valence-corrected chi connectivity index (χ1v) is 10.8. The van der Waals surface area contributed by atoms with E-state index in [1.807, 2.05) is 36.5 Å². The minimum atomic E-state index is -0.633. The Hall–Kier alpha value is -3.02. The predicted octanol–water partition coefficient (Wildman–Crippen LogP) is 3.93. The first-order chi connectivity index (χ1) is 14.6. The fourth-order valence-electron chi connectivity index (χ4n) is 4.25. The monoisotopic (exact) mass is 407 g/mol. The average molecular weight is 408 g/mol. The molecule has 2 heterocycles. The summed E-state index contributed by atoms with van der Waals surface area (Å²) < 4.78 is 5.31. The number of nitrogens with one attached hydrogen (secondary N) is 3. The number of rotatable bonds is 7. The summed E-state index contributed by atoms with van der Waals surface area (Å²) in [7, 11) is 0. The Morgan fingerprint density at radius 3 is 2.70 bits per heavy atom. The van der Waals surface area contributed by atoms with E-state index in [0.717, 1.165) is 42.1 Å². The van der Waals surface area contributed by atoms with Crippen LogP contribution in [0.3, 0.4) is 0 Å². The molecule has 1 saturated carbocycles. The number of H-pyrrole nitrogens is 1. The van der Waals surface area contributed by atoms with Gasteiger partial charge < -0.3 is 20.0 Å². The number of hydrogen-bond donors (Lipinski definition) is 3. The van der Waals surface area contributed by atoms with Crippen LogP contribution in [0.4, 0.5) is 0 Å². The van der Waals surface area contributed by atoms with E-state index in [9.17, 15) is 9.59 Å². The van der Waals surface area contributed by atoms with Gasteiger partial charge in [0.1, 0.15) is 11.8 Å². The van der Waals surface area contributed by atoms with Gasteiger partial charge in [0.2, 0.25) is 11.8 Å². The summed E-state index contributed by atoms with van der Waals surface area (Å²) in [4.78, 5) is 29.2. The van der Waals surface area contributed by atoms with Crippen molar-refractivity contribution < 1.29 is 14.0 Å². The quantitative estimate of drug-likeness (QED) is 0.555. The number of amides is 2. The summed E-state index contributed by atoms with van der Waals surface area (Å²) in [5.41, 5.74) is 2.04. The molecule has 0 radical (unpaired) electrons. The maximum absolute atomic E-state index is 13.0. The van der Waals surface area contributed by atoms with Crippen molar-refractivity contribution in [3.63, 3.8) is 0 Å². The van der Waals surface area contributed by atoms with Crippen LogP contribution < -0.4 is 10.6 Å². The Labute approximate surface area is 176 Å². The van der Waals surface area contributed by atoms with Gasteiger partial charge in [0.05, 0.1) is 12.8 Å². The molecule has 3 N–H and O–H groups in total. The summed E-state index contributed by atoms with van der Waals surface area (Å²) in [5, 5.41) is 7.01. The molecule has 0 saturated heterocycles. The topological polar surface area (TPSA) is 87.1 Å². The second kappa shape index (κ2) is 9.20. The van der Waals surface area contributed by atoms with Crippen molar-refractivity contribution in [2.75, 3.05) is 0 Å². The lowest BCUT2D eigenvalue weighted by Crippen LogP contribution is -2.49. The molecule has 6 nitrogen and oxygen atoms in total. The molecule has 2 aromatic heterocycles. The van der Waals surface area contributed by atoms with Gasteiger partial charge >= 0.3 is 0 Å². The summed E-state index contributed by atoms with van der Waals surface area (Å²) in [5.74, 6) is 1.13. The Balaban J connectivity index is 1.48. The minimum Gasteiger partial charge on any atom is -0.467 e. The van der Waals surface area contributed by atoms with Crippen molar-refractivity contribution in [3.8, 4) is 0 Å². The Kier molecular flexibility index (Phi) is 6.21. The van der Waals surface area contributed by atoms with Crippen molar-refractivity contribution in [1.82, 2.24) is 15.6 Å². The summed E-state index contributed by atoms with van der Waals surface area (Å²) in [6.07, 6.45) is 7.85. The van der Waals surface area contributed by atoms with Gasteiger partial charge in [-0.1, -0.05) is 25.1 Å². The first-order valence-electron chi connectivity index (χ1n) is 10.8. The molecule has 3 aromatic rings. The molecule has 158 valence electrons. The number of furan rings is 1. The molecule has 1 aliphatic rings. The number of aromatic nitrogens is 1. The van der Waals surface area contributed by atoms with E-state index in [1.165, 1.54) is 0 Å². The number of aromatic amines is 1. The smallest absolute Gasteiger partial charge is 0.243 e. The van der Waals surface area contributed by atoms with Crippen molar-refractivity contribution in [3.05, 3.63) is 60.2 Å². The van der Waals surface area contributed by atoms with E-state index in [-0.39, 0.29) is 17.7 Å². The van der Waals surface area contributed by atoms with Crippen LogP contribution in [0.15, 0.2) is 53.3 Å². The standard InChI is InChI=1S/C24H29N3O3/c1-16-8-10-17(11-9-16)23(28)27-22(24(29)26-15-19-5-4-12-30-19)13-18-14-25-21-7-3-2-6-20(18)21/h2-7,12,14,16-17,22,25H,8-11,13,15H2,1H3,(H,26,29)(H,27,28)/t16?,17?,22-/m1/s1. The molecule has 0 bridgehead atoms. The zero-order chi connectivity index (χ0) is 20.9. The molecule has 4 rings (SSSR count). The third kappa shape index (κ3) is 4.75. The number of hydrogen-bond acceptors (Lipinski definition) is 3. The number of para-hydroxylation sites is 1. The van der Waals surface area contributed by atoms with E-state index in [0.29, 0.717) is 24.6 Å². The molecule has 6 heteroatoms. The first kappa shape index (κ1) is 20.3. The summed E-state index contributed by atoms with van der Waals surface area (Å²) >= 11 is 0. The van der Waals surface area contributed by atoms with Crippen LogP contribution in [0.5, 0.6) is 0 Å². The highest BCUT2D eigenvalue weighted by Gasteiger charge is 2.29. The highest BCUT2D eigenvalue weighted by Crippen LogP contribution is 2.28. The van der Waals surface area contributed by atoms with Crippen molar-refractivity contribution in [2.45, 2.75) is 51.6 Å². The molecule has 1 atom stereocenters. The van der Waals surface area contributed by atoms with Crippen molar-refractivity contribution >= 4 is 22.7 Å². The van der Waals surface area contributed by atoms with Crippen LogP contribution in [-0.2, 0) is 22.6 Å². The van der Waals surface area contributed by atoms with Gasteiger partial charge in [0.15, 0.2) is 0 Å². The summed E-state index contributed by atoms with van der Waals surface area (Å²) in [6.45, 7) is 2.53. The maximum Gasteiger partial charge on any atom is 0.243 e. The lowest BCUT2D eigenvalue weighted by atomic mass is 9.82. The molecule has 0 unspecified atom stereocenters. The van der Waals surface area contributed by atoms with Crippen molar-refractivity contribution in [1.29, 1.82) is 0 Å². The van der Waals surface area contributed by atoms with E-state index in [4.69, 9.17) is 4.42 Å². The van der Waals surface area contributed by atoms with E-state index in [1.54, 1.807) is 12.3 Å². The number of carbonyl (C=O) groups is 2. The third-order valence-corrected chi connectivity index (χ3v) is 6.14. The highest BCUT2D eigenvalue weighted by atomic mass is 16.3. The van der Waals surface area contributed by atoms with E-state index in [2.05, 4.69) is 22.5 Å². The Morgan fingerprint density at radius 1 is 1.13 bits per heavy atom. The highest BCUT2D eigenvalue weighted by molar-refractivity contribution is 5.90. The zero-order valence-corrected chi connectivity index (χ0v) is 17.3. The number of carbonyl (C=O) groups excluding carboxylic acids is 2. The Bertz CT molecular complexity index is 984. The number of fused-ring (bicyclic) bond motifs is 1. The van der Waals surface area contributed by atoms with Crippen LogP contribution in [0.1, 0.15) is 43.9 Å². The fraction of sp³-hybridized carbons (Fsp3) is 0.417. The SMILES string of the molecule is CC1CCC(C(=O)N[C@H](Cc2c[nH]c3ccccc23)C(=O)NCc2ccco2)CC1. The molecule has 1 fully saturated rings.